The van der Waals surface area contributed by atoms with Crippen LogP contribution in [0.15, 0.2) is 42.6 Å². The zero-order valence-corrected chi connectivity index (χ0v) is 15.7. The van der Waals surface area contributed by atoms with E-state index in [-0.39, 0.29) is 5.97 Å². The van der Waals surface area contributed by atoms with Crippen molar-refractivity contribution in [1.29, 1.82) is 0 Å². The fraction of sp³-hybridized carbons (Fsp3) is 0.429. The van der Waals surface area contributed by atoms with Crippen LogP contribution in [0.1, 0.15) is 54.9 Å². The third-order valence-corrected chi connectivity index (χ3v) is 4.31. The van der Waals surface area contributed by atoms with E-state index < -0.39 is 0 Å². The summed E-state index contributed by atoms with van der Waals surface area (Å²) in [5.41, 5.74) is 8.15. The highest BCUT2D eigenvalue weighted by Gasteiger charge is 2.16. The molecule has 1 heterocycles. The normalized spacial score (nSPS) is 14.1. The maximum absolute atomic E-state index is 11.6. The van der Waals surface area contributed by atoms with Crippen molar-refractivity contribution in [3.05, 3.63) is 53.7 Å². The molecule has 1 fully saturated rings. The number of ether oxygens (including phenoxy) is 1. The van der Waals surface area contributed by atoms with Crippen LogP contribution in [-0.2, 0) is 4.74 Å². The molecule has 0 unspecified atom stereocenters. The Balaban J connectivity index is 0.000000290. The second-order valence-electron chi connectivity index (χ2n) is 6.52. The van der Waals surface area contributed by atoms with E-state index in [1.54, 1.807) is 13.0 Å². The Morgan fingerprint density at radius 3 is 2.46 bits per heavy atom. The van der Waals surface area contributed by atoms with Gasteiger partial charge in [-0.1, -0.05) is 55.2 Å². The number of nitrogens with two attached hydrogens (primary N) is 1. The summed E-state index contributed by atoms with van der Waals surface area (Å²) in [5.74, 6) is 0.283. The van der Waals surface area contributed by atoms with Gasteiger partial charge in [0.15, 0.2) is 0 Å². The average molecular weight is 355 g/mol. The molecule has 1 saturated carbocycles. The largest absolute Gasteiger partial charge is 0.462 e. The molecule has 0 aliphatic heterocycles. The molecule has 0 spiro atoms. The number of nitrogens with one attached hydrogen (secondary N) is 1. The molecular formula is C21H29N3O2. The summed E-state index contributed by atoms with van der Waals surface area (Å²) >= 11 is 0. The number of carbonyl (C=O) groups excluding carboxylic acids is 1. The molecule has 5 heteroatoms. The highest BCUT2D eigenvalue weighted by Crippen LogP contribution is 2.24. The van der Waals surface area contributed by atoms with Crippen LogP contribution in [0.4, 0.5) is 11.5 Å². The van der Waals surface area contributed by atoms with Gasteiger partial charge in [-0.3, -0.25) is 0 Å². The van der Waals surface area contributed by atoms with Crippen molar-refractivity contribution in [2.45, 2.75) is 52.0 Å². The van der Waals surface area contributed by atoms with Gasteiger partial charge < -0.3 is 15.8 Å². The van der Waals surface area contributed by atoms with Crippen LogP contribution in [0.2, 0.25) is 0 Å². The molecule has 1 aromatic carbocycles. The Kier molecular flexibility index (Phi) is 7.93. The number of anilines is 2. The minimum Gasteiger partial charge on any atom is -0.462 e. The number of hydrogen-bond donors (Lipinski definition) is 2. The molecule has 1 aromatic heterocycles. The van der Waals surface area contributed by atoms with Crippen LogP contribution in [0.5, 0.6) is 0 Å². The number of benzene rings is 1. The molecule has 1 aliphatic carbocycles. The van der Waals surface area contributed by atoms with Gasteiger partial charge in [0.25, 0.3) is 0 Å². The SMILES string of the molecule is CCOC(=O)c1cnc(NC2CCCCC2)c(N)c1.Cc1ccccc1. The van der Waals surface area contributed by atoms with Gasteiger partial charge in [-0.15, -0.1) is 0 Å². The molecular weight excluding hydrogens is 326 g/mol. The predicted octanol–water partition coefficient (Wildman–Crippen LogP) is 4.58. The standard InChI is InChI=1S/C14H21N3O2.C7H8/c1-2-19-14(18)10-8-12(15)13(16-9-10)17-11-6-4-3-5-7-11;1-7-5-3-2-4-6-7/h8-9,11H,2-7,15H2,1H3,(H,16,17);2-6H,1H3. The maximum atomic E-state index is 11.6. The second kappa shape index (κ2) is 10.4. The van der Waals surface area contributed by atoms with E-state index in [2.05, 4.69) is 29.4 Å². The number of aromatic nitrogens is 1. The molecule has 26 heavy (non-hydrogen) atoms. The molecule has 0 atom stereocenters. The molecule has 2 aromatic rings. The Labute approximate surface area is 156 Å². The molecule has 0 saturated heterocycles. The predicted molar refractivity (Wildman–Crippen MR) is 106 cm³/mol. The Morgan fingerprint density at radius 2 is 1.92 bits per heavy atom. The van der Waals surface area contributed by atoms with E-state index in [9.17, 15) is 4.79 Å². The lowest BCUT2D eigenvalue weighted by molar-refractivity contribution is 0.0526. The lowest BCUT2D eigenvalue weighted by Gasteiger charge is -2.23. The van der Waals surface area contributed by atoms with Gasteiger partial charge in [-0.05, 0) is 32.8 Å². The number of carbonyl (C=O) groups is 1. The van der Waals surface area contributed by atoms with Crippen LogP contribution in [0.25, 0.3) is 0 Å². The summed E-state index contributed by atoms with van der Waals surface area (Å²) in [4.78, 5) is 15.8. The summed E-state index contributed by atoms with van der Waals surface area (Å²) in [6, 6.07) is 12.3. The monoisotopic (exact) mass is 355 g/mol. The number of pyridine rings is 1. The number of aryl methyl sites for hydroxylation is 1. The first-order valence-electron chi connectivity index (χ1n) is 9.31. The molecule has 140 valence electrons. The maximum Gasteiger partial charge on any atom is 0.339 e. The zero-order chi connectivity index (χ0) is 18.8. The van der Waals surface area contributed by atoms with E-state index in [4.69, 9.17) is 10.5 Å². The lowest BCUT2D eigenvalue weighted by Crippen LogP contribution is -2.23. The smallest absolute Gasteiger partial charge is 0.339 e. The van der Waals surface area contributed by atoms with Crippen molar-refractivity contribution >= 4 is 17.5 Å². The molecule has 0 bridgehead atoms. The summed E-state index contributed by atoms with van der Waals surface area (Å²) in [5, 5.41) is 3.36. The van der Waals surface area contributed by atoms with E-state index in [1.165, 1.54) is 31.0 Å². The van der Waals surface area contributed by atoms with Crippen molar-refractivity contribution in [2.75, 3.05) is 17.7 Å². The molecule has 0 radical (unpaired) electrons. The van der Waals surface area contributed by atoms with Crippen LogP contribution in [0, 0.1) is 6.92 Å². The fourth-order valence-electron chi connectivity index (χ4n) is 2.90. The van der Waals surface area contributed by atoms with E-state index >= 15 is 0 Å². The Hall–Kier alpha value is -2.56. The first kappa shape index (κ1) is 19.8. The second-order valence-corrected chi connectivity index (χ2v) is 6.52. The van der Waals surface area contributed by atoms with Crippen LogP contribution >= 0.6 is 0 Å². The first-order valence-corrected chi connectivity index (χ1v) is 9.31. The zero-order valence-electron chi connectivity index (χ0n) is 15.7. The molecule has 1 aliphatic rings. The van der Waals surface area contributed by atoms with E-state index in [0.29, 0.717) is 29.7 Å². The van der Waals surface area contributed by atoms with Gasteiger partial charge in [0, 0.05) is 12.2 Å². The number of hydrogen-bond acceptors (Lipinski definition) is 5. The summed E-state index contributed by atoms with van der Waals surface area (Å²) in [6.45, 7) is 4.20. The first-order chi connectivity index (χ1) is 12.6. The van der Waals surface area contributed by atoms with Crippen molar-refractivity contribution < 1.29 is 9.53 Å². The number of rotatable bonds is 4. The Morgan fingerprint density at radius 1 is 1.23 bits per heavy atom. The summed E-state index contributed by atoms with van der Waals surface area (Å²) in [6.07, 6.45) is 7.63. The topological polar surface area (TPSA) is 77.2 Å². The highest BCUT2D eigenvalue weighted by molar-refractivity contribution is 5.90. The molecule has 3 N–H and O–H groups in total. The van der Waals surface area contributed by atoms with Crippen LogP contribution in [0.3, 0.4) is 0 Å². The fourth-order valence-corrected chi connectivity index (χ4v) is 2.90. The number of esters is 1. The average Bonchev–Trinajstić information content (AvgIpc) is 2.65. The van der Waals surface area contributed by atoms with Crippen LogP contribution < -0.4 is 11.1 Å². The van der Waals surface area contributed by atoms with Gasteiger partial charge in [-0.2, -0.15) is 0 Å². The van der Waals surface area contributed by atoms with Crippen LogP contribution in [-0.4, -0.2) is 23.6 Å². The van der Waals surface area contributed by atoms with Gasteiger partial charge in [0.2, 0.25) is 0 Å². The van der Waals surface area contributed by atoms with Crippen molar-refractivity contribution in [3.8, 4) is 0 Å². The molecule has 0 amide bonds. The van der Waals surface area contributed by atoms with Gasteiger partial charge >= 0.3 is 5.97 Å². The summed E-state index contributed by atoms with van der Waals surface area (Å²) < 4.78 is 4.92. The third-order valence-electron chi connectivity index (χ3n) is 4.31. The number of nitrogens with zero attached hydrogens (tertiary/aromatic N) is 1. The van der Waals surface area contributed by atoms with Gasteiger partial charge in [0.1, 0.15) is 5.82 Å². The van der Waals surface area contributed by atoms with Crippen molar-refractivity contribution in [3.63, 3.8) is 0 Å². The van der Waals surface area contributed by atoms with Gasteiger partial charge in [0.05, 0.1) is 17.9 Å². The summed E-state index contributed by atoms with van der Waals surface area (Å²) in [7, 11) is 0. The Bertz CT molecular complexity index is 683. The quantitative estimate of drug-likeness (QED) is 0.785. The lowest BCUT2D eigenvalue weighted by atomic mass is 9.95. The van der Waals surface area contributed by atoms with E-state index in [0.717, 1.165) is 12.8 Å². The highest BCUT2D eigenvalue weighted by atomic mass is 16.5. The third kappa shape index (κ3) is 6.39. The van der Waals surface area contributed by atoms with E-state index in [1.807, 2.05) is 18.2 Å². The number of nitrogen functional groups attached to an aromatic ring is 1. The minimum atomic E-state index is -0.383. The minimum absolute atomic E-state index is 0.348. The molecule has 5 nitrogen and oxygen atoms in total. The molecule has 3 rings (SSSR count). The van der Waals surface area contributed by atoms with Crippen molar-refractivity contribution in [1.82, 2.24) is 4.98 Å². The van der Waals surface area contributed by atoms with Gasteiger partial charge in [-0.25, -0.2) is 9.78 Å². The van der Waals surface area contributed by atoms with Crippen molar-refractivity contribution in [2.24, 2.45) is 0 Å².